The normalized spacial score (nSPS) is 12.9. The number of aromatic nitrogens is 2. The molecule has 0 aromatic carbocycles. The van der Waals surface area contributed by atoms with E-state index in [9.17, 15) is 9.90 Å². The lowest BCUT2D eigenvalue weighted by Crippen LogP contribution is -2.24. The number of aryl methyl sites for hydroxylation is 2. The number of hydrogen-bond acceptors (Lipinski definition) is 2. The average molecular weight is 226 g/mol. The van der Waals surface area contributed by atoms with Crippen molar-refractivity contribution in [1.82, 2.24) is 9.13 Å². The summed E-state index contributed by atoms with van der Waals surface area (Å²) >= 11 is 0. The zero-order valence-corrected chi connectivity index (χ0v) is 10.2. The van der Waals surface area contributed by atoms with E-state index < -0.39 is 0 Å². The Morgan fingerprint density at radius 3 is 2.44 bits per heavy atom. The zero-order chi connectivity index (χ0) is 12.0. The number of aliphatic hydroxyl groups is 1. The SMILES string of the molecule is CCCn1ccn(CCCC(O)CC)c1=O. The van der Waals surface area contributed by atoms with Gasteiger partial charge in [-0.05, 0) is 25.7 Å². The minimum atomic E-state index is -0.228. The Kier molecular flexibility index (Phi) is 5.32. The van der Waals surface area contributed by atoms with Crippen LogP contribution in [0.3, 0.4) is 0 Å². The van der Waals surface area contributed by atoms with Crippen molar-refractivity contribution >= 4 is 0 Å². The molecule has 1 atom stereocenters. The van der Waals surface area contributed by atoms with Gasteiger partial charge < -0.3 is 5.11 Å². The molecule has 4 nitrogen and oxygen atoms in total. The molecule has 1 heterocycles. The first kappa shape index (κ1) is 13.0. The van der Waals surface area contributed by atoms with Crippen molar-refractivity contribution in [1.29, 1.82) is 0 Å². The summed E-state index contributed by atoms with van der Waals surface area (Å²) in [5, 5.41) is 9.40. The van der Waals surface area contributed by atoms with Crippen molar-refractivity contribution < 1.29 is 5.11 Å². The second kappa shape index (κ2) is 6.53. The first-order valence-electron chi connectivity index (χ1n) is 6.12. The van der Waals surface area contributed by atoms with E-state index in [0.29, 0.717) is 6.54 Å². The fourth-order valence-electron chi connectivity index (χ4n) is 1.74. The van der Waals surface area contributed by atoms with Crippen LogP contribution in [0.2, 0.25) is 0 Å². The molecule has 0 saturated carbocycles. The van der Waals surface area contributed by atoms with Crippen molar-refractivity contribution in [2.75, 3.05) is 0 Å². The summed E-state index contributed by atoms with van der Waals surface area (Å²) in [7, 11) is 0. The average Bonchev–Trinajstić information content (AvgIpc) is 2.62. The molecular weight excluding hydrogens is 204 g/mol. The Balaban J connectivity index is 2.45. The van der Waals surface area contributed by atoms with Gasteiger partial charge in [-0.15, -0.1) is 0 Å². The van der Waals surface area contributed by atoms with Crippen LogP contribution < -0.4 is 5.69 Å². The molecule has 4 heteroatoms. The third kappa shape index (κ3) is 3.52. The van der Waals surface area contributed by atoms with Crippen LogP contribution in [0.25, 0.3) is 0 Å². The molecule has 1 aromatic heterocycles. The molecular formula is C12H22N2O2. The summed E-state index contributed by atoms with van der Waals surface area (Å²) in [6.45, 7) is 5.51. The van der Waals surface area contributed by atoms with Crippen LogP contribution in [-0.2, 0) is 13.1 Å². The van der Waals surface area contributed by atoms with E-state index >= 15 is 0 Å². The fraction of sp³-hybridized carbons (Fsp3) is 0.750. The summed E-state index contributed by atoms with van der Waals surface area (Å²) in [5.74, 6) is 0. The Bertz CT molecular complexity index is 354. The van der Waals surface area contributed by atoms with Crippen LogP contribution in [0.5, 0.6) is 0 Å². The molecule has 1 rings (SSSR count). The standard InChI is InChI=1S/C12H22N2O2/c1-3-7-13-9-10-14(12(13)16)8-5-6-11(15)4-2/h9-11,15H,3-8H2,1-2H3. The van der Waals surface area contributed by atoms with Crippen LogP contribution in [-0.4, -0.2) is 20.3 Å². The lowest BCUT2D eigenvalue weighted by atomic mass is 10.1. The van der Waals surface area contributed by atoms with E-state index in [1.165, 1.54) is 0 Å². The number of rotatable bonds is 7. The van der Waals surface area contributed by atoms with Gasteiger partial charge in [0.15, 0.2) is 0 Å². The fourth-order valence-corrected chi connectivity index (χ4v) is 1.74. The highest BCUT2D eigenvalue weighted by Crippen LogP contribution is 2.02. The molecule has 0 radical (unpaired) electrons. The lowest BCUT2D eigenvalue weighted by Gasteiger charge is -2.06. The highest BCUT2D eigenvalue weighted by atomic mass is 16.3. The number of hydrogen-bond donors (Lipinski definition) is 1. The van der Waals surface area contributed by atoms with Crippen molar-refractivity contribution in [3.63, 3.8) is 0 Å². The van der Waals surface area contributed by atoms with Gasteiger partial charge in [0.05, 0.1) is 6.10 Å². The molecule has 0 aliphatic carbocycles. The van der Waals surface area contributed by atoms with Crippen molar-refractivity contribution in [3.05, 3.63) is 22.9 Å². The smallest absolute Gasteiger partial charge is 0.328 e. The molecule has 92 valence electrons. The van der Waals surface area contributed by atoms with Gasteiger partial charge in [0.25, 0.3) is 0 Å². The van der Waals surface area contributed by atoms with Gasteiger partial charge in [-0.3, -0.25) is 9.13 Å². The van der Waals surface area contributed by atoms with Crippen molar-refractivity contribution in [2.24, 2.45) is 0 Å². The van der Waals surface area contributed by atoms with E-state index in [0.717, 1.165) is 32.2 Å². The molecule has 1 aromatic rings. The van der Waals surface area contributed by atoms with Gasteiger partial charge >= 0.3 is 5.69 Å². The summed E-state index contributed by atoms with van der Waals surface area (Å²) < 4.78 is 3.45. The predicted octanol–water partition coefficient (Wildman–Crippen LogP) is 1.61. The summed E-state index contributed by atoms with van der Waals surface area (Å²) in [6.07, 6.45) is 6.81. The highest BCUT2D eigenvalue weighted by Gasteiger charge is 2.04. The highest BCUT2D eigenvalue weighted by molar-refractivity contribution is 4.81. The molecule has 0 aliphatic heterocycles. The van der Waals surface area contributed by atoms with Crippen LogP contribution in [0.4, 0.5) is 0 Å². The Morgan fingerprint density at radius 1 is 1.25 bits per heavy atom. The number of aliphatic hydroxyl groups excluding tert-OH is 1. The van der Waals surface area contributed by atoms with Gasteiger partial charge in [0, 0.05) is 25.5 Å². The number of nitrogens with zero attached hydrogens (tertiary/aromatic N) is 2. The second-order valence-electron chi connectivity index (χ2n) is 4.17. The van der Waals surface area contributed by atoms with Crippen LogP contribution in [0.15, 0.2) is 17.2 Å². The minimum Gasteiger partial charge on any atom is -0.393 e. The van der Waals surface area contributed by atoms with Gasteiger partial charge in [-0.1, -0.05) is 13.8 Å². The van der Waals surface area contributed by atoms with E-state index in [4.69, 9.17) is 0 Å². The maximum absolute atomic E-state index is 11.8. The maximum atomic E-state index is 11.8. The zero-order valence-electron chi connectivity index (χ0n) is 10.2. The molecule has 0 saturated heterocycles. The lowest BCUT2D eigenvalue weighted by molar-refractivity contribution is 0.155. The van der Waals surface area contributed by atoms with E-state index in [1.807, 2.05) is 19.3 Å². The van der Waals surface area contributed by atoms with Crippen LogP contribution >= 0.6 is 0 Å². The predicted molar refractivity (Wildman–Crippen MR) is 64.5 cm³/mol. The van der Waals surface area contributed by atoms with Crippen molar-refractivity contribution in [3.8, 4) is 0 Å². The third-order valence-corrected chi connectivity index (χ3v) is 2.79. The van der Waals surface area contributed by atoms with Crippen molar-refractivity contribution in [2.45, 2.75) is 58.7 Å². The Hall–Kier alpha value is -1.03. The van der Waals surface area contributed by atoms with Crippen LogP contribution in [0, 0.1) is 0 Å². The van der Waals surface area contributed by atoms with Gasteiger partial charge in [0.1, 0.15) is 0 Å². The molecule has 1 N–H and O–H groups in total. The molecule has 0 bridgehead atoms. The maximum Gasteiger partial charge on any atom is 0.328 e. The van der Waals surface area contributed by atoms with E-state index in [2.05, 4.69) is 6.92 Å². The minimum absolute atomic E-state index is 0.0628. The first-order valence-corrected chi connectivity index (χ1v) is 6.12. The quantitative estimate of drug-likeness (QED) is 0.768. The van der Waals surface area contributed by atoms with Crippen LogP contribution in [0.1, 0.15) is 39.5 Å². The van der Waals surface area contributed by atoms with Gasteiger partial charge in [-0.25, -0.2) is 4.79 Å². The summed E-state index contributed by atoms with van der Waals surface area (Å²) in [6, 6.07) is 0. The summed E-state index contributed by atoms with van der Waals surface area (Å²) in [4.78, 5) is 11.8. The van der Waals surface area contributed by atoms with Gasteiger partial charge in [0.2, 0.25) is 0 Å². The number of imidazole rings is 1. The Labute approximate surface area is 96.5 Å². The topological polar surface area (TPSA) is 47.2 Å². The first-order chi connectivity index (χ1) is 7.69. The Morgan fingerprint density at radius 2 is 1.88 bits per heavy atom. The molecule has 16 heavy (non-hydrogen) atoms. The van der Waals surface area contributed by atoms with E-state index in [1.54, 1.807) is 9.13 Å². The molecule has 0 fully saturated rings. The van der Waals surface area contributed by atoms with E-state index in [-0.39, 0.29) is 11.8 Å². The molecule has 1 unspecified atom stereocenters. The van der Waals surface area contributed by atoms with Gasteiger partial charge in [-0.2, -0.15) is 0 Å². The second-order valence-corrected chi connectivity index (χ2v) is 4.17. The largest absolute Gasteiger partial charge is 0.393 e. The third-order valence-electron chi connectivity index (χ3n) is 2.79. The molecule has 0 spiro atoms. The summed E-state index contributed by atoms with van der Waals surface area (Å²) in [5.41, 5.74) is 0.0628. The monoisotopic (exact) mass is 226 g/mol. The molecule has 0 amide bonds. The molecule has 0 aliphatic rings.